The molecule has 0 unspecified atom stereocenters. The summed E-state index contributed by atoms with van der Waals surface area (Å²) in [5, 5.41) is 0. The van der Waals surface area contributed by atoms with Gasteiger partial charge in [0.05, 0.1) is 13.2 Å². The number of rotatable bonds is 6. The number of hydrogen-bond acceptors (Lipinski definition) is 3. The molecule has 0 aromatic heterocycles. The van der Waals surface area contributed by atoms with E-state index >= 15 is 0 Å². The summed E-state index contributed by atoms with van der Waals surface area (Å²) in [4.78, 5) is 0. The lowest BCUT2D eigenvalue weighted by Crippen LogP contribution is -2.19. The summed E-state index contributed by atoms with van der Waals surface area (Å²) in [5.41, 5.74) is -3.14. The first-order valence-electron chi connectivity index (χ1n) is 5.82. The summed E-state index contributed by atoms with van der Waals surface area (Å²) in [6.45, 7) is 4.60. The van der Waals surface area contributed by atoms with Crippen LogP contribution in [0.3, 0.4) is 0 Å². The normalized spacial score (nSPS) is 12.7. The van der Waals surface area contributed by atoms with Crippen LogP contribution in [0.25, 0.3) is 0 Å². The third-order valence-corrected chi connectivity index (χ3v) is 5.41. The number of aryl methyl sites for hydroxylation is 1. The quantitative estimate of drug-likeness (QED) is 0.499. The minimum absolute atomic E-state index is 0.102. The Morgan fingerprint density at radius 3 is 2.21 bits per heavy atom. The summed E-state index contributed by atoms with van der Waals surface area (Å²) >= 11 is 1.80. The van der Waals surface area contributed by atoms with Crippen LogP contribution in [-0.2, 0) is 19.3 Å². The highest BCUT2D eigenvalue weighted by Gasteiger charge is 2.55. The van der Waals surface area contributed by atoms with Crippen molar-refractivity contribution in [2.75, 3.05) is 13.2 Å². The maximum Gasteiger partial charge on any atom is 0.404 e. The molecule has 108 valence electrons. The average molecular weight is 404 g/mol. The van der Waals surface area contributed by atoms with Crippen molar-refractivity contribution >= 4 is 30.2 Å². The zero-order chi connectivity index (χ0) is 14.7. The van der Waals surface area contributed by atoms with Crippen LogP contribution in [0.4, 0.5) is 8.78 Å². The number of alkyl halides is 2. The maximum atomic E-state index is 14.5. The van der Waals surface area contributed by atoms with Gasteiger partial charge in [-0.15, -0.1) is 0 Å². The number of hydrogen-bond donors (Lipinski definition) is 0. The van der Waals surface area contributed by atoms with Crippen molar-refractivity contribution in [1.82, 2.24) is 0 Å². The van der Waals surface area contributed by atoms with Gasteiger partial charge in [-0.2, -0.15) is 8.78 Å². The van der Waals surface area contributed by atoms with Gasteiger partial charge in [-0.25, -0.2) is 0 Å². The minimum atomic E-state index is -4.52. The van der Waals surface area contributed by atoms with E-state index in [1.807, 2.05) is 0 Å². The van der Waals surface area contributed by atoms with E-state index in [-0.39, 0.29) is 18.8 Å². The van der Waals surface area contributed by atoms with E-state index in [1.54, 1.807) is 41.6 Å². The molecule has 0 radical (unpaired) electrons. The van der Waals surface area contributed by atoms with Gasteiger partial charge in [-0.3, -0.25) is 4.57 Å². The van der Waals surface area contributed by atoms with Crippen molar-refractivity contribution in [2.45, 2.75) is 26.4 Å². The molecule has 0 saturated carbocycles. The van der Waals surface area contributed by atoms with Crippen LogP contribution < -0.4 is 0 Å². The fourth-order valence-corrected chi connectivity index (χ4v) is 4.34. The van der Waals surface area contributed by atoms with E-state index in [9.17, 15) is 13.3 Å². The SMILES string of the molecule is CCOP(=O)(OCC)C(F)(F)c1ccc(C)cc1I. The van der Waals surface area contributed by atoms with Crippen LogP contribution in [0.1, 0.15) is 25.0 Å². The first-order chi connectivity index (χ1) is 8.78. The number of halogens is 3. The Labute approximate surface area is 125 Å². The molecule has 0 heterocycles. The van der Waals surface area contributed by atoms with Crippen molar-refractivity contribution in [2.24, 2.45) is 0 Å². The predicted octanol–water partition coefficient (Wildman–Crippen LogP) is 4.92. The highest BCUT2D eigenvalue weighted by atomic mass is 127. The van der Waals surface area contributed by atoms with Gasteiger partial charge in [-0.1, -0.05) is 17.7 Å². The molecule has 3 nitrogen and oxygen atoms in total. The second-order valence-corrected chi connectivity index (χ2v) is 7.09. The van der Waals surface area contributed by atoms with Crippen molar-refractivity contribution in [1.29, 1.82) is 0 Å². The Kier molecular flexibility index (Phi) is 5.92. The monoisotopic (exact) mass is 404 g/mol. The summed E-state index contributed by atoms with van der Waals surface area (Å²) < 4.78 is 51.0. The molecule has 0 aliphatic carbocycles. The highest BCUT2D eigenvalue weighted by Crippen LogP contribution is 2.67. The van der Waals surface area contributed by atoms with Gasteiger partial charge in [0.15, 0.2) is 0 Å². The van der Waals surface area contributed by atoms with Crippen molar-refractivity contribution in [3.63, 3.8) is 0 Å². The molecular weight excluding hydrogens is 388 g/mol. The summed E-state index contributed by atoms with van der Waals surface area (Å²) in [6, 6.07) is 4.42. The lowest BCUT2D eigenvalue weighted by Gasteiger charge is -2.26. The fourth-order valence-electron chi connectivity index (χ4n) is 1.55. The molecule has 1 aromatic carbocycles. The molecule has 7 heteroatoms. The van der Waals surface area contributed by atoms with Crippen molar-refractivity contribution < 1.29 is 22.4 Å². The summed E-state index contributed by atoms with van der Waals surface area (Å²) in [5.74, 6) is 0. The minimum Gasteiger partial charge on any atom is -0.304 e. The zero-order valence-corrected chi connectivity index (χ0v) is 14.0. The molecule has 0 saturated heterocycles. The molecule has 0 fully saturated rings. The van der Waals surface area contributed by atoms with Gasteiger partial charge < -0.3 is 9.05 Å². The van der Waals surface area contributed by atoms with E-state index < -0.39 is 13.3 Å². The van der Waals surface area contributed by atoms with Gasteiger partial charge in [0.1, 0.15) is 0 Å². The van der Waals surface area contributed by atoms with Crippen LogP contribution in [0.5, 0.6) is 0 Å². The lowest BCUT2D eigenvalue weighted by atomic mass is 10.1. The van der Waals surface area contributed by atoms with Gasteiger partial charge in [0, 0.05) is 9.13 Å². The molecule has 0 bridgehead atoms. The molecule has 0 spiro atoms. The largest absolute Gasteiger partial charge is 0.404 e. The van der Waals surface area contributed by atoms with Crippen LogP contribution in [0.15, 0.2) is 18.2 Å². The van der Waals surface area contributed by atoms with Crippen LogP contribution in [0, 0.1) is 10.5 Å². The summed E-state index contributed by atoms with van der Waals surface area (Å²) in [6.07, 6.45) is 0. The Morgan fingerprint density at radius 1 is 1.26 bits per heavy atom. The van der Waals surface area contributed by atoms with Crippen LogP contribution >= 0.6 is 30.2 Å². The van der Waals surface area contributed by atoms with Crippen LogP contribution in [-0.4, -0.2) is 13.2 Å². The van der Waals surface area contributed by atoms with Gasteiger partial charge in [0.25, 0.3) is 0 Å². The first-order valence-corrected chi connectivity index (χ1v) is 8.44. The lowest BCUT2D eigenvalue weighted by molar-refractivity contribution is 0.0353. The number of benzene rings is 1. The fraction of sp³-hybridized carbons (Fsp3) is 0.500. The average Bonchev–Trinajstić information content (AvgIpc) is 2.28. The molecule has 1 aromatic rings. The van der Waals surface area contributed by atoms with Crippen LogP contribution in [0.2, 0.25) is 0 Å². The molecule has 0 aliphatic heterocycles. The highest BCUT2D eigenvalue weighted by molar-refractivity contribution is 14.1. The Morgan fingerprint density at radius 2 is 1.79 bits per heavy atom. The van der Waals surface area contributed by atoms with Crippen molar-refractivity contribution in [3.05, 3.63) is 32.9 Å². The second kappa shape index (κ2) is 6.61. The molecule has 0 atom stereocenters. The second-order valence-electron chi connectivity index (χ2n) is 3.86. The third-order valence-electron chi connectivity index (χ3n) is 2.39. The van der Waals surface area contributed by atoms with E-state index in [4.69, 9.17) is 9.05 Å². The van der Waals surface area contributed by atoms with E-state index in [0.29, 0.717) is 3.57 Å². The topological polar surface area (TPSA) is 35.5 Å². The van der Waals surface area contributed by atoms with Gasteiger partial charge in [0.2, 0.25) is 0 Å². The Hall–Kier alpha value is -0.0400. The van der Waals surface area contributed by atoms with Crippen molar-refractivity contribution in [3.8, 4) is 0 Å². The van der Waals surface area contributed by atoms with E-state index in [1.165, 1.54) is 19.9 Å². The molecule has 0 amide bonds. The molecule has 0 aliphatic rings. The molecule has 19 heavy (non-hydrogen) atoms. The summed E-state index contributed by atoms with van der Waals surface area (Å²) in [7, 11) is -4.52. The van der Waals surface area contributed by atoms with Gasteiger partial charge in [-0.05, 0) is 49.4 Å². The molecular formula is C12H16F2IO3P. The Balaban J connectivity index is 3.30. The van der Waals surface area contributed by atoms with E-state index in [0.717, 1.165) is 5.56 Å². The maximum absolute atomic E-state index is 14.5. The molecule has 1 rings (SSSR count). The van der Waals surface area contributed by atoms with E-state index in [2.05, 4.69) is 0 Å². The Bertz CT molecular complexity index is 484. The predicted molar refractivity (Wildman–Crippen MR) is 78.6 cm³/mol. The van der Waals surface area contributed by atoms with Gasteiger partial charge >= 0.3 is 13.3 Å². The molecule has 0 N–H and O–H groups in total. The zero-order valence-electron chi connectivity index (χ0n) is 11.0. The third kappa shape index (κ3) is 3.54. The standard InChI is InChI=1S/C12H16F2IO3P/c1-4-17-19(16,18-5-2)12(13,14)10-7-6-9(3)8-11(10)15/h6-8H,4-5H2,1-3H3. The smallest absolute Gasteiger partial charge is 0.304 e. The first kappa shape index (κ1) is 17.0.